The lowest BCUT2D eigenvalue weighted by Gasteiger charge is -2.46. The molecule has 0 bridgehead atoms. The SMILES string of the molecule is CC(=O)Nc1ccc(NC(=O)CN2C(=O)N(Cc3cccs3)C(=O)C3NCCCC32)cc1. The number of benzene rings is 1. The Bertz CT molecular complexity index is 1010. The minimum Gasteiger partial charge on any atom is -0.326 e. The van der Waals surface area contributed by atoms with Crippen LogP contribution in [-0.2, 0) is 20.9 Å². The fourth-order valence-corrected chi connectivity index (χ4v) is 4.80. The first kappa shape index (κ1) is 22.0. The van der Waals surface area contributed by atoms with E-state index >= 15 is 0 Å². The summed E-state index contributed by atoms with van der Waals surface area (Å²) >= 11 is 1.48. The Morgan fingerprint density at radius 2 is 1.84 bits per heavy atom. The van der Waals surface area contributed by atoms with E-state index in [4.69, 9.17) is 0 Å². The molecule has 5 amide bonds. The number of fused-ring (bicyclic) bond motifs is 1. The summed E-state index contributed by atoms with van der Waals surface area (Å²) in [6.45, 7) is 2.17. The van der Waals surface area contributed by atoms with Crippen LogP contribution < -0.4 is 16.0 Å². The van der Waals surface area contributed by atoms with Crippen LogP contribution in [0, 0.1) is 0 Å². The zero-order valence-corrected chi connectivity index (χ0v) is 18.5. The van der Waals surface area contributed by atoms with Crippen molar-refractivity contribution in [2.45, 2.75) is 38.4 Å². The van der Waals surface area contributed by atoms with Gasteiger partial charge in [-0.1, -0.05) is 6.07 Å². The molecule has 168 valence electrons. The third-order valence-electron chi connectivity index (χ3n) is 5.53. The second-order valence-electron chi connectivity index (χ2n) is 7.86. The van der Waals surface area contributed by atoms with Gasteiger partial charge in [-0.15, -0.1) is 11.3 Å². The molecule has 4 rings (SSSR count). The summed E-state index contributed by atoms with van der Waals surface area (Å²) in [4.78, 5) is 53.8. The first-order valence-corrected chi connectivity index (χ1v) is 11.4. The average Bonchev–Trinajstić information content (AvgIpc) is 3.28. The molecule has 9 nitrogen and oxygen atoms in total. The van der Waals surface area contributed by atoms with Crippen molar-refractivity contribution in [2.24, 2.45) is 0 Å². The summed E-state index contributed by atoms with van der Waals surface area (Å²) in [6, 6.07) is 9.19. The van der Waals surface area contributed by atoms with Gasteiger partial charge in [0.05, 0.1) is 12.6 Å². The van der Waals surface area contributed by atoms with Gasteiger partial charge in [0.15, 0.2) is 0 Å². The van der Waals surface area contributed by atoms with E-state index in [-0.39, 0.29) is 36.9 Å². The molecule has 0 saturated carbocycles. The Balaban J connectivity index is 1.47. The zero-order chi connectivity index (χ0) is 22.7. The van der Waals surface area contributed by atoms with Gasteiger partial charge in [-0.3, -0.25) is 19.3 Å². The molecule has 2 saturated heterocycles. The summed E-state index contributed by atoms with van der Waals surface area (Å²) < 4.78 is 0. The molecule has 2 atom stereocenters. The highest BCUT2D eigenvalue weighted by atomic mass is 32.1. The van der Waals surface area contributed by atoms with E-state index in [1.165, 1.54) is 28.1 Å². The lowest BCUT2D eigenvalue weighted by molar-refractivity contribution is -0.138. The van der Waals surface area contributed by atoms with Crippen LogP contribution >= 0.6 is 11.3 Å². The van der Waals surface area contributed by atoms with Crippen LogP contribution in [0.4, 0.5) is 16.2 Å². The molecule has 0 spiro atoms. The molecule has 2 aliphatic rings. The Labute approximate surface area is 189 Å². The minimum absolute atomic E-state index is 0.149. The van der Waals surface area contributed by atoms with Gasteiger partial charge in [0, 0.05) is 23.2 Å². The Hall–Kier alpha value is -3.24. The third-order valence-corrected chi connectivity index (χ3v) is 6.39. The first-order valence-electron chi connectivity index (χ1n) is 10.5. The van der Waals surface area contributed by atoms with Crippen LogP contribution in [0.25, 0.3) is 0 Å². The summed E-state index contributed by atoms with van der Waals surface area (Å²) in [6.07, 6.45) is 1.50. The highest BCUT2D eigenvalue weighted by molar-refractivity contribution is 7.09. The van der Waals surface area contributed by atoms with Crippen molar-refractivity contribution in [1.29, 1.82) is 0 Å². The Morgan fingerprint density at radius 3 is 2.50 bits per heavy atom. The summed E-state index contributed by atoms with van der Waals surface area (Å²) in [5.74, 6) is -0.763. The smallest absolute Gasteiger partial charge is 0.326 e. The second-order valence-corrected chi connectivity index (χ2v) is 8.89. The molecule has 3 heterocycles. The Kier molecular flexibility index (Phi) is 6.52. The van der Waals surface area contributed by atoms with Gasteiger partial charge in [0.25, 0.3) is 0 Å². The molecular formula is C22H25N5O4S. The number of hydrogen-bond donors (Lipinski definition) is 3. The van der Waals surface area contributed by atoms with Crippen LogP contribution in [0.5, 0.6) is 0 Å². The highest BCUT2D eigenvalue weighted by Gasteiger charge is 2.47. The predicted molar refractivity (Wildman–Crippen MR) is 121 cm³/mol. The molecule has 2 aromatic rings. The molecular weight excluding hydrogens is 430 g/mol. The summed E-state index contributed by atoms with van der Waals surface area (Å²) in [7, 11) is 0. The maximum absolute atomic E-state index is 13.2. The number of piperidine rings is 1. The van der Waals surface area contributed by atoms with E-state index in [2.05, 4.69) is 16.0 Å². The van der Waals surface area contributed by atoms with Gasteiger partial charge in [-0.2, -0.15) is 0 Å². The minimum atomic E-state index is -0.508. The van der Waals surface area contributed by atoms with Crippen LogP contribution in [0.15, 0.2) is 41.8 Å². The van der Waals surface area contributed by atoms with Crippen molar-refractivity contribution in [3.63, 3.8) is 0 Å². The standard InChI is InChI=1S/C22H25N5O4S/c1-14(28)24-15-6-8-16(9-7-15)25-19(29)13-26-18-5-2-10-23-20(18)21(30)27(22(26)31)12-17-4-3-11-32-17/h3-4,6-9,11,18,20,23H,2,5,10,12-13H2,1H3,(H,24,28)(H,25,29). The zero-order valence-electron chi connectivity index (χ0n) is 17.7. The number of imide groups is 1. The van der Waals surface area contributed by atoms with Crippen LogP contribution in [0.1, 0.15) is 24.6 Å². The third kappa shape index (κ3) is 4.81. The predicted octanol–water partition coefficient (Wildman–Crippen LogP) is 2.23. The fourth-order valence-electron chi connectivity index (χ4n) is 4.10. The van der Waals surface area contributed by atoms with Gasteiger partial charge in [0.1, 0.15) is 12.6 Å². The van der Waals surface area contributed by atoms with Crippen molar-refractivity contribution >= 4 is 46.5 Å². The van der Waals surface area contributed by atoms with Crippen molar-refractivity contribution in [1.82, 2.24) is 15.1 Å². The number of nitrogens with zero attached hydrogens (tertiary/aromatic N) is 2. The maximum atomic E-state index is 13.2. The van der Waals surface area contributed by atoms with Crippen LogP contribution in [0.3, 0.4) is 0 Å². The number of thiophene rings is 1. The molecule has 0 aliphatic carbocycles. The van der Waals surface area contributed by atoms with Crippen molar-refractivity contribution < 1.29 is 19.2 Å². The summed E-state index contributed by atoms with van der Waals surface area (Å²) in [5, 5.41) is 10.6. The maximum Gasteiger partial charge on any atom is 0.327 e. The molecule has 32 heavy (non-hydrogen) atoms. The number of nitrogens with one attached hydrogen (secondary N) is 3. The monoisotopic (exact) mass is 455 g/mol. The highest BCUT2D eigenvalue weighted by Crippen LogP contribution is 2.26. The molecule has 3 N–H and O–H groups in total. The van der Waals surface area contributed by atoms with Crippen molar-refractivity contribution in [3.05, 3.63) is 46.7 Å². The van der Waals surface area contributed by atoms with Gasteiger partial charge in [-0.05, 0) is 55.1 Å². The molecule has 2 fully saturated rings. The molecule has 0 radical (unpaired) electrons. The number of urea groups is 1. The van der Waals surface area contributed by atoms with Gasteiger partial charge >= 0.3 is 6.03 Å². The second kappa shape index (κ2) is 9.49. The first-order chi connectivity index (χ1) is 15.4. The number of hydrogen-bond acceptors (Lipinski definition) is 6. The largest absolute Gasteiger partial charge is 0.327 e. The van der Waals surface area contributed by atoms with Crippen LogP contribution in [-0.4, -0.2) is 58.7 Å². The van der Waals surface area contributed by atoms with E-state index in [0.29, 0.717) is 24.3 Å². The van der Waals surface area contributed by atoms with Crippen molar-refractivity contribution in [3.8, 4) is 0 Å². The summed E-state index contributed by atoms with van der Waals surface area (Å²) in [5.41, 5.74) is 1.18. The number of amides is 5. The van der Waals surface area contributed by atoms with Crippen molar-refractivity contribution in [2.75, 3.05) is 23.7 Å². The van der Waals surface area contributed by atoms with E-state index in [0.717, 1.165) is 11.3 Å². The van der Waals surface area contributed by atoms with Gasteiger partial charge in [0.2, 0.25) is 17.7 Å². The lowest BCUT2D eigenvalue weighted by atomic mass is 9.93. The van der Waals surface area contributed by atoms with Crippen LogP contribution in [0.2, 0.25) is 0 Å². The number of rotatable bonds is 6. The van der Waals surface area contributed by atoms with E-state index < -0.39 is 12.1 Å². The number of carbonyl (C=O) groups excluding carboxylic acids is 4. The molecule has 10 heteroatoms. The van der Waals surface area contributed by atoms with Gasteiger partial charge < -0.3 is 20.9 Å². The number of anilines is 2. The van der Waals surface area contributed by atoms with E-state index in [1.807, 2.05) is 17.5 Å². The van der Waals surface area contributed by atoms with E-state index in [9.17, 15) is 19.2 Å². The topological polar surface area (TPSA) is 111 Å². The molecule has 1 aromatic heterocycles. The molecule has 2 unspecified atom stereocenters. The quantitative estimate of drug-likeness (QED) is 0.619. The molecule has 1 aromatic carbocycles. The van der Waals surface area contributed by atoms with E-state index in [1.54, 1.807) is 24.3 Å². The Morgan fingerprint density at radius 1 is 1.12 bits per heavy atom. The lowest BCUT2D eigenvalue weighted by Crippen LogP contribution is -2.69. The normalized spacial score (nSPS) is 20.7. The molecule has 2 aliphatic heterocycles. The average molecular weight is 456 g/mol. The number of carbonyl (C=O) groups is 4. The van der Waals surface area contributed by atoms with Gasteiger partial charge in [-0.25, -0.2) is 4.79 Å². The fraction of sp³-hybridized carbons (Fsp3) is 0.364.